The Morgan fingerprint density at radius 3 is 2.51 bits per heavy atom. The summed E-state index contributed by atoms with van der Waals surface area (Å²) in [5.74, 6) is 1.00. The molecular formula is C29H21ClN2O3. The Hall–Kier alpha value is -4.35. The highest BCUT2D eigenvalue weighted by Crippen LogP contribution is 2.32. The number of hydrogen-bond donors (Lipinski definition) is 1. The maximum Gasteiger partial charge on any atom is 0.257 e. The highest BCUT2D eigenvalue weighted by Gasteiger charge is 2.16. The predicted molar refractivity (Wildman–Crippen MR) is 138 cm³/mol. The summed E-state index contributed by atoms with van der Waals surface area (Å²) < 4.78 is 11.5. The number of carbonyl (C=O) groups is 1. The highest BCUT2D eigenvalue weighted by molar-refractivity contribution is 6.30. The molecule has 0 saturated carbocycles. The third-order valence-electron chi connectivity index (χ3n) is 5.39. The number of rotatable bonds is 7. The summed E-state index contributed by atoms with van der Waals surface area (Å²) in [5, 5.41) is 3.57. The molecule has 6 heteroatoms. The van der Waals surface area contributed by atoms with E-state index in [4.69, 9.17) is 20.8 Å². The lowest BCUT2D eigenvalue weighted by molar-refractivity contribution is 0.102. The number of ether oxygens (including phenoxy) is 1. The second-order valence-electron chi connectivity index (χ2n) is 7.86. The predicted octanol–water partition coefficient (Wildman–Crippen LogP) is 7.49. The molecule has 0 radical (unpaired) electrons. The number of aromatic nitrogens is 1. The molecule has 0 saturated heterocycles. The van der Waals surface area contributed by atoms with Gasteiger partial charge in [-0.3, -0.25) is 9.78 Å². The lowest BCUT2D eigenvalue weighted by Crippen LogP contribution is -2.12. The van der Waals surface area contributed by atoms with Crippen LogP contribution in [0.3, 0.4) is 0 Å². The Balaban J connectivity index is 1.37. The van der Waals surface area contributed by atoms with E-state index in [2.05, 4.69) is 10.3 Å². The number of carbonyl (C=O) groups excluding carboxylic acids is 1. The zero-order valence-corrected chi connectivity index (χ0v) is 19.4. The SMILES string of the molecule is O=C(Nc1cccc(OCc2ccccc2)c1)c1cnc(-c2ccc(Cl)cc2)c(-c2ccco2)c1. The summed E-state index contributed by atoms with van der Waals surface area (Å²) >= 11 is 6.04. The van der Waals surface area contributed by atoms with Crippen molar-refractivity contribution in [1.29, 1.82) is 0 Å². The molecular weight excluding hydrogens is 460 g/mol. The lowest BCUT2D eigenvalue weighted by atomic mass is 10.0. The molecule has 0 atom stereocenters. The molecule has 1 N–H and O–H groups in total. The number of furan rings is 1. The molecule has 172 valence electrons. The summed E-state index contributed by atoms with van der Waals surface area (Å²) in [6, 6.07) is 30.0. The maximum absolute atomic E-state index is 13.1. The van der Waals surface area contributed by atoms with Gasteiger partial charge in [0.25, 0.3) is 5.91 Å². The summed E-state index contributed by atoms with van der Waals surface area (Å²) in [7, 11) is 0. The first kappa shape index (κ1) is 22.4. The number of nitrogens with zero attached hydrogens (tertiary/aromatic N) is 1. The lowest BCUT2D eigenvalue weighted by Gasteiger charge is -2.12. The largest absolute Gasteiger partial charge is 0.489 e. The zero-order chi connectivity index (χ0) is 24.0. The van der Waals surface area contributed by atoms with Crippen molar-refractivity contribution in [3.63, 3.8) is 0 Å². The third kappa shape index (κ3) is 5.42. The molecule has 0 aliphatic rings. The molecule has 5 aromatic rings. The molecule has 1 amide bonds. The standard InChI is InChI=1S/C29H21ClN2O3/c30-23-13-11-21(12-14-23)28-26(27-10-5-15-34-27)16-22(18-31-28)29(33)32-24-8-4-9-25(17-24)35-19-20-6-2-1-3-7-20/h1-18H,19H2,(H,32,33). The van der Waals surface area contributed by atoms with Crippen molar-refractivity contribution < 1.29 is 13.9 Å². The van der Waals surface area contributed by atoms with Crippen molar-refractivity contribution in [1.82, 2.24) is 4.98 Å². The van der Waals surface area contributed by atoms with Crippen LogP contribution in [0.1, 0.15) is 15.9 Å². The van der Waals surface area contributed by atoms with E-state index < -0.39 is 0 Å². The number of amides is 1. The van der Waals surface area contributed by atoms with Crippen LogP contribution in [0.5, 0.6) is 5.75 Å². The molecule has 2 heterocycles. The Morgan fingerprint density at radius 2 is 1.74 bits per heavy atom. The molecule has 5 nitrogen and oxygen atoms in total. The number of benzene rings is 3. The van der Waals surface area contributed by atoms with Crippen LogP contribution < -0.4 is 10.1 Å². The number of nitrogens with one attached hydrogen (secondary N) is 1. The van der Waals surface area contributed by atoms with E-state index >= 15 is 0 Å². The first-order valence-electron chi connectivity index (χ1n) is 11.0. The van der Waals surface area contributed by atoms with Gasteiger partial charge in [-0.05, 0) is 48.0 Å². The number of pyridine rings is 1. The molecule has 0 bridgehead atoms. The number of hydrogen-bond acceptors (Lipinski definition) is 4. The van der Waals surface area contributed by atoms with Crippen LogP contribution in [0, 0.1) is 0 Å². The van der Waals surface area contributed by atoms with E-state index in [9.17, 15) is 4.79 Å². The fourth-order valence-electron chi connectivity index (χ4n) is 3.65. The van der Waals surface area contributed by atoms with Gasteiger partial charge >= 0.3 is 0 Å². The zero-order valence-electron chi connectivity index (χ0n) is 18.6. The first-order valence-corrected chi connectivity index (χ1v) is 11.4. The van der Waals surface area contributed by atoms with E-state index in [-0.39, 0.29) is 5.91 Å². The van der Waals surface area contributed by atoms with E-state index in [0.717, 1.165) is 11.1 Å². The van der Waals surface area contributed by atoms with Crippen molar-refractivity contribution in [2.45, 2.75) is 6.61 Å². The number of halogens is 1. The highest BCUT2D eigenvalue weighted by atomic mass is 35.5. The Bertz CT molecular complexity index is 1430. The third-order valence-corrected chi connectivity index (χ3v) is 5.65. The molecule has 3 aromatic carbocycles. The van der Waals surface area contributed by atoms with Crippen molar-refractivity contribution in [3.8, 4) is 28.3 Å². The Morgan fingerprint density at radius 1 is 0.914 bits per heavy atom. The fourth-order valence-corrected chi connectivity index (χ4v) is 3.78. The monoisotopic (exact) mass is 480 g/mol. The van der Waals surface area contributed by atoms with Gasteiger partial charge in [0, 0.05) is 34.1 Å². The first-order chi connectivity index (χ1) is 17.2. The van der Waals surface area contributed by atoms with Gasteiger partial charge in [-0.15, -0.1) is 0 Å². The number of anilines is 1. The molecule has 35 heavy (non-hydrogen) atoms. The minimum atomic E-state index is -0.284. The summed E-state index contributed by atoms with van der Waals surface area (Å²) in [4.78, 5) is 17.7. The van der Waals surface area contributed by atoms with Gasteiger partial charge in [-0.25, -0.2) is 0 Å². The van der Waals surface area contributed by atoms with Crippen molar-refractivity contribution in [2.75, 3.05) is 5.32 Å². The van der Waals surface area contributed by atoms with Crippen molar-refractivity contribution in [3.05, 3.63) is 126 Å². The minimum Gasteiger partial charge on any atom is -0.489 e. The molecule has 0 spiro atoms. The topological polar surface area (TPSA) is 64.4 Å². The van der Waals surface area contributed by atoms with Crippen molar-refractivity contribution in [2.24, 2.45) is 0 Å². The van der Waals surface area contributed by atoms with E-state index in [1.165, 1.54) is 0 Å². The van der Waals surface area contributed by atoms with Gasteiger partial charge in [0.15, 0.2) is 0 Å². The average molecular weight is 481 g/mol. The Labute approximate surface area is 208 Å². The van der Waals surface area contributed by atoms with Crippen LogP contribution in [0.15, 0.2) is 114 Å². The van der Waals surface area contributed by atoms with Gasteiger partial charge in [-0.2, -0.15) is 0 Å². The fraction of sp³-hybridized carbons (Fsp3) is 0.0345. The van der Waals surface area contributed by atoms with Crippen LogP contribution in [0.25, 0.3) is 22.6 Å². The second-order valence-corrected chi connectivity index (χ2v) is 8.30. The van der Waals surface area contributed by atoms with Crippen LogP contribution in [-0.2, 0) is 6.61 Å². The van der Waals surface area contributed by atoms with E-state index in [0.29, 0.717) is 45.6 Å². The molecule has 0 aliphatic heterocycles. The summed E-state index contributed by atoms with van der Waals surface area (Å²) in [6.07, 6.45) is 3.15. The molecule has 2 aromatic heterocycles. The van der Waals surface area contributed by atoms with E-state index in [1.807, 2.05) is 66.7 Å². The van der Waals surface area contributed by atoms with Crippen LogP contribution in [-0.4, -0.2) is 10.9 Å². The Kier molecular flexibility index (Phi) is 6.59. The summed E-state index contributed by atoms with van der Waals surface area (Å²) in [6.45, 7) is 0.445. The van der Waals surface area contributed by atoms with Gasteiger partial charge in [0.1, 0.15) is 18.1 Å². The minimum absolute atomic E-state index is 0.284. The molecule has 0 unspecified atom stereocenters. The van der Waals surface area contributed by atoms with Gasteiger partial charge < -0.3 is 14.5 Å². The smallest absolute Gasteiger partial charge is 0.257 e. The van der Waals surface area contributed by atoms with Crippen LogP contribution >= 0.6 is 11.6 Å². The summed E-state index contributed by atoms with van der Waals surface area (Å²) in [5.41, 5.74) is 4.39. The van der Waals surface area contributed by atoms with Crippen LogP contribution in [0.2, 0.25) is 5.02 Å². The maximum atomic E-state index is 13.1. The molecule has 0 fully saturated rings. The van der Waals surface area contributed by atoms with Crippen molar-refractivity contribution >= 4 is 23.2 Å². The second kappa shape index (κ2) is 10.3. The van der Waals surface area contributed by atoms with Gasteiger partial charge in [-0.1, -0.05) is 60.1 Å². The quantitative estimate of drug-likeness (QED) is 0.262. The normalized spacial score (nSPS) is 10.7. The molecule has 0 aliphatic carbocycles. The van der Waals surface area contributed by atoms with Gasteiger partial charge in [0.05, 0.1) is 17.5 Å². The van der Waals surface area contributed by atoms with Crippen LogP contribution in [0.4, 0.5) is 5.69 Å². The van der Waals surface area contributed by atoms with E-state index in [1.54, 1.807) is 42.8 Å². The average Bonchev–Trinajstić information content (AvgIpc) is 3.44. The molecule has 5 rings (SSSR count). The van der Waals surface area contributed by atoms with Gasteiger partial charge in [0.2, 0.25) is 0 Å².